The topological polar surface area (TPSA) is 108 Å². The maximum absolute atomic E-state index is 11.5. The normalized spacial score (nSPS) is 13.3. The van der Waals surface area contributed by atoms with Gasteiger partial charge in [0.2, 0.25) is 0 Å². The van der Waals surface area contributed by atoms with E-state index >= 15 is 0 Å². The van der Waals surface area contributed by atoms with Crippen LogP contribution < -0.4 is 0 Å². The lowest BCUT2D eigenvalue weighted by Gasteiger charge is -2.17. The molecule has 0 radical (unpaired) electrons. The number of phenols is 1. The van der Waals surface area contributed by atoms with Crippen molar-refractivity contribution in [2.45, 2.75) is 31.1 Å². The Kier molecular flexibility index (Phi) is 4.02. The molecule has 0 amide bonds. The fourth-order valence-corrected chi connectivity index (χ4v) is 3.00. The van der Waals surface area contributed by atoms with E-state index in [0.29, 0.717) is 23.0 Å². The van der Waals surface area contributed by atoms with Gasteiger partial charge in [-0.2, -0.15) is 0 Å². The molecule has 0 bridgehead atoms. The van der Waals surface area contributed by atoms with Crippen LogP contribution in [0, 0.1) is 0 Å². The van der Waals surface area contributed by atoms with Gasteiger partial charge in [0.05, 0.1) is 4.90 Å². The Morgan fingerprint density at radius 1 is 1.21 bits per heavy atom. The molecule has 126 valence electrons. The van der Waals surface area contributed by atoms with Crippen molar-refractivity contribution in [3.63, 3.8) is 0 Å². The van der Waals surface area contributed by atoms with Crippen molar-refractivity contribution in [1.82, 2.24) is 15.0 Å². The zero-order valence-corrected chi connectivity index (χ0v) is 14.0. The minimum atomic E-state index is -4.67. The van der Waals surface area contributed by atoms with Crippen LogP contribution in [0.5, 0.6) is 5.75 Å². The molecule has 7 nitrogen and oxygen atoms in total. The lowest BCUT2D eigenvalue weighted by Crippen LogP contribution is -2.07. The van der Waals surface area contributed by atoms with Gasteiger partial charge >= 0.3 is 0 Å². The Bertz CT molecular complexity index is 978. The molecular formula is C16H16N3O4S-. The number of hydrogen-bond donors (Lipinski definition) is 1. The first-order valence-electron chi connectivity index (χ1n) is 7.46. The molecule has 1 heterocycles. The molecule has 1 unspecified atom stereocenters. The highest BCUT2D eigenvalue weighted by Crippen LogP contribution is 2.35. The van der Waals surface area contributed by atoms with Crippen LogP contribution in [0.15, 0.2) is 41.3 Å². The third-order valence-corrected chi connectivity index (χ3v) is 4.84. The Morgan fingerprint density at radius 3 is 2.29 bits per heavy atom. The lowest BCUT2D eigenvalue weighted by molar-refractivity contribution is 0.450. The Morgan fingerprint density at radius 2 is 1.79 bits per heavy atom. The van der Waals surface area contributed by atoms with E-state index in [-0.39, 0.29) is 17.4 Å². The van der Waals surface area contributed by atoms with Gasteiger partial charge < -0.3 is 9.66 Å². The van der Waals surface area contributed by atoms with Gasteiger partial charge in [0.25, 0.3) is 0 Å². The molecule has 0 spiro atoms. The van der Waals surface area contributed by atoms with Crippen LogP contribution in [0.2, 0.25) is 0 Å². The SMILES string of the molecule is CCC(C)c1cc(S(=O)(=O)[O-])cc(-n2nc3ccccc3n2)c1O. The molecule has 8 heteroatoms. The average molecular weight is 346 g/mol. The van der Waals surface area contributed by atoms with E-state index < -0.39 is 15.0 Å². The van der Waals surface area contributed by atoms with Crippen molar-refractivity contribution >= 4 is 21.2 Å². The Balaban J connectivity index is 2.29. The zero-order valence-electron chi connectivity index (χ0n) is 13.2. The van der Waals surface area contributed by atoms with Gasteiger partial charge in [-0.3, -0.25) is 0 Å². The van der Waals surface area contributed by atoms with Crippen molar-refractivity contribution in [3.8, 4) is 11.4 Å². The highest BCUT2D eigenvalue weighted by molar-refractivity contribution is 7.85. The maximum atomic E-state index is 11.5. The van der Waals surface area contributed by atoms with Crippen molar-refractivity contribution < 1.29 is 18.1 Å². The molecule has 0 saturated heterocycles. The van der Waals surface area contributed by atoms with E-state index in [9.17, 15) is 18.1 Å². The highest BCUT2D eigenvalue weighted by Gasteiger charge is 2.19. The van der Waals surface area contributed by atoms with Gasteiger partial charge in [-0.1, -0.05) is 26.0 Å². The van der Waals surface area contributed by atoms with Gasteiger partial charge in [0.1, 0.15) is 32.6 Å². The third-order valence-electron chi connectivity index (χ3n) is 4.03. The number of fused-ring (bicyclic) bond motifs is 1. The smallest absolute Gasteiger partial charge is 0.146 e. The summed E-state index contributed by atoms with van der Waals surface area (Å²) in [5, 5.41) is 19.0. The summed E-state index contributed by atoms with van der Waals surface area (Å²) in [6.07, 6.45) is 0.671. The zero-order chi connectivity index (χ0) is 17.5. The van der Waals surface area contributed by atoms with E-state index in [4.69, 9.17) is 0 Å². The summed E-state index contributed by atoms with van der Waals surface area (Å²) in [6.45, 7) is 3.75. The number of aromatic hydroxyl groups is 1. The number of phenolic OH excluding ortho intramolecular Hbond substituents is 1. The molecule has 0 saturated carbocycles. The second-order valence-corrected chi connectivity index (χ2v) is 7.00. The number of nitrogens with zero attached hydrogens (tertiary/aromatic N) is 3. The van der Waals surface area contributed by atoms with Crippen molar-refractivity contribution in [2.24, 2.45) is 0 Å². The predicted molar refractivity (Wildman–Crippen MR) is 87.2 cm³/mol. The minimum absolute atomic E-state index is 0.0680. The second kappa shape index (κ2) is 5.88. The molecule has 0 aliphatic carbocycles. The maximum Gasteiger partial charge on any atom is 0.146 e. The summed E-state index contributed by atoms with van der Waals surface area (Å²) in [7, 11) is -4.67. The lowest BCUT2D eigenvalue weighted by atomic mass is 9.97. The molecule has 0 fully saturated rings. The molecular weight excluding hydrogens is 330 g/mol. The monoisotopic (exact) mass is 346 g/mol. The first-order chi connectivity index (χ1) is 11.3. The Labute approximate surface area is 139 Å². The Hall–Kier alpha value is -2.45. The number of benzene rings is 2. The fraction of sp³-hybridized carbons (Fsp3) is 0.250. The fourth-order valence-electron chi connectivity index (χ4n) is 2.47. The first-order valence-corrected chi connectivity index (χ1v) is 8.87. The highest BCUT2D eigenvalue weighted by atomic mass is 32.2. The van der Waals surface area contributed by atoms with E-state index in [2.05, 4.69) is 10.2 Å². The van der Waals surface area contributed by atoms with Crippen LogP contribution in [0.25, 0.3) is 16.7 Å². The van der Waals surface area contributed by atoms with Gasteiger partial charge in [0, 0.05) is 5.56 Å². The minimum Gasteiger partial charge on any atom is -0.744 e. The third kappa shape index (κ3) is 2.85. The van der Waals surface area contributed by atoms with Crippen LogP contribution in [-0.4, -0.2) is 33.1 Å². The van der Waals surface area contributed by atoms with Crippen molar-refractivity contribution in [3.05, 3.63) is 42.0 Å². The van der Waals surface area contributed by atoms with Gasteiger partial charge in [-0.25, -0.2) is 8.42 Å². The average Bonchev–Trinajstić information content (AvgIpc) is 2.97. The van der Waals surface area contributed by atoms with Crippen LogP contribution >= 0.6 is 0 Å². The number of hydrogen-bond acceptors (Lipinski definition) is 6. The quantitative estimate of drug-likeness (QED) is 0.727. The molecule has 1 N–H and O–H groups in total. The summed E-state index contributed by atoms with van der Waals surface area (Å²) in [5.74, 6) is -0.257. The molecule has 0 aliphatic heterocycles. The van der Waals surface area contributed by atoms with E-state index in [0.717, 1.165) is 10.9 Å². The molecule has 24 heavy (non-hydrogen) atoms. The second-order valence-electron chi connectivity index (χ2n) is 5.62. The predicted octanol–water partition coefficient (Wildman–Crippen LogP) is 2.54. The summed E-state index contributed by atoms with van der Waals surface area (Å²) in [4.78, 5) is 0.743. The van der Waals surface area contributed by atoms with Gasteiger partial charge in [0.15, 0.2) is 0 Å². The number of aromatic nitrogens is 3. The summed E-state index contributed by atoms with van der Waals surface area (Å²) in [5.41, 5.74) is 1.64. The van der Waals surface area contributed by atoms with Crippen LogP contribution in [-0.2, 0) is 10.1 Å². The molecule has 2 aromatic carbocycles. The largest absolute Gasteiger partial charge is 0.744 e. The molecule has 1 atom stereocenters. The van der Waals surface area contributed by atoms with Crippen molar-refractivity contribution in [2.75, 3.05) is 0 Å². The van der Waals surface area contributed by atoms with Crippen LogP contribution in [0.4, 0.5) is 0 Å². The van der Waals surface area contributed by atoms with E-state index in [1.54, 1.807) is 24.3 Å². The van der Waals surface area contributed by atoms with E-state index in [1.165, 1.54) is 6.07 Å². The van der Waals surface area contributed by atoms with Gasteiger partial charge in [-0.05, 0) is 36.6 Å². The molecule has 3 aromatic rings. The van der Waals surface area contributed by atoms with Crippen molar-refractivity contribution in [1.29, 1.82) is 0 Å². The summed E-state index contributed by atoms with van der Waals surface area (Å²) < 4.78 is 34.4. The number of rotatable bonds is 4. The van der Waals surface area contributed by atoms with Crippen LogP contribution in [0.3, 0.4) is 0 Å². The first kappa shape index (κ1) is 16.4. The van der Waals surface area contributed by atoms with Crippen LogP contribution in [0.1, 0.15) is 31.7 Å². The standard InChI is InChI=1S/C16H17N3O4S/c1-3-10(2)12-8-11(24(21,22)23)9-15(16(12)20)19-17-13-6-4-5-7-14(13)18-19/h4-10,20H,3H2,1-2H3,(H,21,22,23)/p-1. The summed E-state index contributed by atoms with van der Waals surface area (Å²) in [6, 6.07) is 9.41. The molecule has 1 aromatic heterocycles. The molecule has 0 aliphatic rings. The molecule has 3 rings (SSSR count). The summed E-state index contributed by atoms with van der Waals surface area (Å²) >= 11 is 0. The van der Waals surface area contributed by atoms with Gasteiger partial charge in [-0.15, -0.1) is 15.0 Å². The van der Waals surface area contributed by atoms with E-state index in [1.807, 2.05) is 13.8 Å².